The summed E-state index contributed by atoms with van der Waals surface area (Å²) in [7, 11) is 0. The predicted octanol–water partition coefficient (Wildman–Crippen LogP) is 3.61. The molecule has 1 heterocycles. The second-order valence-electron chi connectivity index (χ2n) is 4.71. The van der Waals surface area contributed by atoms with E-state index in [0.717, 1.165) is 22.5 Å². The van der Waals surface area contributed by atoms with Crippen LogP contribution in [0, 0.1) is 12.8 Å². The minimum absolute atomic E-state index is 0.275. The number of aryl methyl sites for hydroxylation is 1. The van der Waals surface area contributed by atoms with Crippen molar-refractivity contribution in [1.82, 2.24) is 9.97 Å². The maximum absolute atomic E-state index is 5.87. The number of rotatable bonds is 4. The van der Waals surface area contributed by atoms with E-state index in [1.54, 1.807) is 0 Å². The molecule has 96 valence electrons. The molecule has 0 aliphatic rings. The minimum atomic E-state index is 0.275. The van der Waals surface area contributed by atoms with Crippen molar-refractivity contribution in [1.29, 1.82) is 0 Å². The Hall–Kier alpha value is -1.35. The molecule has 2 rings (SSSR count). The van der Waals surface area contributed by atoms with Crippen LogP contribution in [0.1, 0.15) is 19.5 Å². The number of aromatic nitrogens is 2. The van der Waals surface area contributed by atoms with Crippen molar-refractivity contribution in [2.45, 2.75) is 26.8 Å². The van der Waals surface area contributed by atoms with Crippen LogP contribution >= 0.6 is 11.6 Å². The average Bonchev–Trinajstić information content (AvgIpc) is 2.38. The normalized spacial score (nSPS) is 14.4. The Bertz CT molecular complexity index is 542. The Balaban J connectivity index is 2.30. The summed E-state index contributed by atoms with van der Waals surface area (Å²) in [4.78, 5) is 9.17. The van der Waals surface area contributed by atoms with Crippen LogP contribution in [-0.4, -0.2) is 21.9 Å². The van der Waals surface area contributed by atoms with Gasteiger partial charge in [0.15, 0.2) is 0 Å². The molecule has 0 saturated carbocycles. The van der Waals surface area contributed by atoms with Gasteiger partial charge in [0.1, 0.15) is 5.82 Å². The molecule has 1 aromatic carbocycles. The predicted molar refractivity (Wildman–Crippen MR) is 77.2 cm³/mol. The van der Waals surface area contributed by atoms with Gasteiger partial charge in [0.25, 0.3) is 0 Å². The zero-order valence-corrected chi connectivity index (χ0v) is 11.7. The molecule has 2 unspecified atom stereocenters. The summed E-state index contributed by atoms with van der Waals surface area (Å²) >= 11 is 5.87. The van der Waals surface area contributed by atoms with Crippen LogP contribution in [0.5, 0.6) is 0 Å². The molecule has 0 fully saturated rings. The summed E-state index contributed by atoms with van der Waals surface area (Å²) in [5, 5.41) is 3.39. The van der Waals surface area contributed by atoms with Gasteiger partial charge in [-0.05, 0) is 31.9 Å². The Morgan fingerprint density at radius 2 is 1.78 bits per heavy atom. The molecule has 2 aromatic rings. The largest absolute Gasteiger partial charge is 0.366 e. The number of para-hydroxylation sites is 2. The Kier molecular flexibility index (Phi) is 4.02. The molecule has 0 aliphatic carbocycles. The highest BCUT2D eigenvalue weighted by Gasteiger charge is 2.13. The third-order valence-electron chi connectivity index (χ3n) is 3.21. The highest BCUT2D eigenvalue weighted by atomic mass is 35.5. The first kappa shape index (κ1) is 13.1. The quantitative estimate of drug-likeness (QED) is 0.857. The molecular weight excluding hydrogens is 246 g/mol. The van der Waals surface area contributed by atoms with E-state index < -0.39 is 0 Å². The van der Waals surface area contributed by atoms with Crippen molar-refractivity contribution in [3.8, 4) is 0 Å². The van der Waals surface area contributed by atoms with Crippen LogP contribution in [0.3, 0.4) is 0 Å². The fourth-order valence-corrected chi connectivity index (χ4v) is 1.98. The van der Waals surface area contributed by atoms with Gasteiger partial charge < -0.3 is 5.32 Å². The number of nitrogens with one attached hydrogen (secondary N) is 1. The van der Waals surface area contributed by atoms with E-state index in [-0.39, 0.29) is 6.04 Å². The Labute approximate surface area is 113 Å². The fourth-order valence-electron chi connectivity index (χ4n) is 1.72. The molecule has 3 nitrogen and oxygen atoms in total. The smallest absolute Gasteiger partial charge is 0.148 e. The molecular formula is C14H18ClN3. The molecule has 1 N–H and O–H groups in total. The van der Waals surface area contributed by atoms with Gasteiger partial charge >= 0.3 is 0 Å². The van der Waals surface area contributed by atoms with Crippen molar-refractivity contribution in [3.05, 3.63) is 30.0 Å². The maximum atomic E-state index is 5.87. The lowest BCUT2D eigenvalue weighted by atomic mass is 10.1. The van der Waals surface area contributed by atoms with E-state index in [1.165, 1.54) is 0 Å². The van der Waals surface area contributed by atoms with Crippen LogP contribution < -0.4 is 5.32 Å². The molecule has 0 aliphatic heterocycles. The van der Waals surface area contributed by atoms with Crippen LogP contribution in [-0.2, 0) is 0 Å². The van der Waals surface area contributed by atoms with E-state index in [2.05, 4.69) is 29.1 Å². The van der Waals surface area contributed by atoms with Gasteiger partial charge in [0.2, 0.25) is 0 Å². The van der Waals surface area contributed by atoms with Gasteiger partial charge in [-0.3, -0.25) is 0 Å². The summed E-state index contributed by atoms with van der Waals surface area (Å²) in [6, 6.07) is 8.17. The third kappa shape index (κ3) is 2.72. The van der Waals surface area contributed by atoms with E-state index in [9.17, 15) is 0 Å². The van der Waals surface area contributed by atoms with Gasteiger partial charge in [-0.1, -0.05) is 19.1 Å². The van der Waals surface area contributed by atoms with Gasteiger partial charge in [0, 0.05) is 11.9 Å². The number of nitrogens with zero attached hydrogens (tertiary/aromatic N) is 2. The van der Waals surface area contributed by atoms with Gasteiger partial charge in [-0.2, -0.15) is 0 Å². The van der Waals surface area contributed by atoms with Gasteiger partial charge in [0.05, 0.1) is 16.7 Å². The van der Waals surface area contributed by atoms with Crippen molar-refractivity contribution in [2.75, 3.05) is 11.2 Å². The Morgan fingerprint density at radius 3 is 2.39 bits per heavy atom. The number of hydrogen-bond acceptors (Lipinski definition) is 3. The van der Waals surface area contributed by atoms with Crippen LogP contribution in [0.2, 0.25) is 0 Å². The lowest BCUT2D eigenvalue weighted by Gasteiger charge is -2.20. The molecule has 1 aromatic heterocycles. The van der Waals surface area contributed by atoms with E-state index in [4.69, 9.17) is 11.6 Å². The molecule has 0 saturated heterocycles. The zero-order valence-electron chi connectivity index (χ0n) is 10.9. The van der Waals surface area contributed by atoms with Crippen LogP contribution in [0.15, 0.2) is 24.3 Å². The van der Waals surface area contributed by atoms with E-state index in [1.807, 2.05) is 31.2 Å². The molecule has 0 bridgehead atoms. The van der Waals surface area contributed by atoms with Crippen LogP contribution in [0.4, 0.5) is 5.82 Å². The van der Waals surface area contributed by atoms with Crippen molar-refractivity contribution < 1.29 is 0 Å². The maximum Gasteiger partial charge on any atom is 0.148 e. The second kappa shape index (κ2) is 5.53. The SMILES string of the molecule is Cc1nc2ccccc2nc1NC(C)C(C)CCl. The molecule has 2 atom stereocenters. The van der Waals surface area contributed by atoms with Gasteiger partial charge in [-0.15, -0.1) is 11.6 Å². The number of benzene rings is 1. The van der Waals surface area contributed by atoms with Gasteiger partial charge in [-0.25, -0.2) is 9.97 Å². The number of alkyl halides is 1. The second-order valence-corrected chi connectivity index (χ2v) is 5.02. The molecule has 18 heavy (non-hydrogen) atoms. The number of fused-ring (bicyclic) bond motifs is 1. The lowest BCUT2D eigenvalue weighted by molar-refractivity contribution is 0.564. The summed E-state index contributed by atoms with van der Waals surface area (Å²) in [6.07, 6.45) is 0. The first-order valence-corrected chi connectivity index (χ1v) is 6.71. The van der Waals surface area contributed by atoms with Crippen molar-refractivity contribution >= 4 is 28.5 Å². The number of anilines is 1. The lowest BCUT2D eigenvalue weighted by Crippen LogP contribution is -2.26. The topological polar surface area (TPSA) is 37.8 Å². The first-order chi connectivity index (χ1) is 8.61. The van der Waals surface area contributed by atoms with Crippen LogP contribution in [0.25, 0.3) is 11.0 Å². The molecule has 4 heteroatoms. The molecule has 0 radical (unpaired) electrons. The van der Waals surface area contributed by atoms with Crippen molar-refractivity contribution in [3.63, 3.8) is 0 Å². The zero-order chi connectivity index (χ0) is 13.1. The fraction of sp³-hybridized carbons (Fsp3) is 0.429. The monoisotopic (exact) mass is 263 g/mol. The van der Waals surface area contributed by atoms with E-state index >= 15 is 0 Å². The minimum Gasteiger partial charge on any atom is -0.366 e. The van der Waals surface area contributed by atoms with E-state index in [0.29, 0.717) is 11.8 Å². The summed E-state index contributed by atoms with van der Waals surface area (Å²) in [5.41, 5.74) is 2.76. The summed E-state index contributed by atoms with van der Waals surface area (Å²) < 4.78 is 0. The molecule has 0 amide bonds. The summed E-state index contributed by atoms with van der Waals surface area (Å²) in [6.45, 7) is 6.21. The molecule has 0 spiro atoms. The highest BCUT2D eigenvalue weighted by molar-refractivity contribution is 6.18. The average molecular weight is 264 g/mol. The standard InChI is InChI=1S/C14H18ClN3/c1-9(8-15)10(2)17-14-11(3)16-12-6-4-5-7-13(12)18-14/h4-7,9-10H,8H2,1-3H3,(H,17,18). The highest BCUT2D eigenvalue weighted by Crippen LogP contribution is 2.18. The number of hydrogen-bond donors (Lipinski definition) is 1. The third-order valence-corrected chi connectivity index (χ3v) is 3.69. The number of halogens is 1. The first-order valence-electron chi connectivity index (χ1n) is 6.17. The summed E-state index contributed by atoms with van der Waals surface area (Å²) in [5.74, 6) is 1.87. The Morgan fingerprint density at radius 1 is 1.17 bits per heavy atom. The van der Waals surface area contributed by atoms with Crippen molar-refractivity contribution in [2.24, 2.45) is 5.92 Å².